The first-order valence-electron chi connectivity index (χ1n) is 7.30. The highest BCUT2D eigenvalue weighted by atomic mass is 19.1. The first-order chi connectivity index (χ1) is 10.5. The molecule has 2 rings (SSSR count). The molecule has 0 spiro atoms. The lowest BCUT2D eigenvalue weighted by molar-refractivity contribution is 0.304. The van der Waals surface area contributed by atoms with E-state index in [2.05, 4.69) is 46.5 Å². The monoisotopic (exact) mass is 303 g/mol. The molecule has 2 aromatic rings. The molecule has 2 N–H and O–H groups in total. The minimum atomic E-state index is -0.267. The van der Waals surface area contributed by atoms with Crippen LogP contribution < -0.4 is 10.6 Å². The van der Waals surface area contributed by atoms with Gasteiger partial charge in [-0.25, -0.2) is 9.37 Å². The molecule has 0 aliphatic carbocycles. The molecule has 1 aromatic heterocycles. The van der Waals surface area contributed by atoms with Crippen LogP contribution in [-0.4, -0.2) is 41.5 Å². The standard InChI is InChI=1S/C16H22FN5/c1-12(22(2)3)8-10-18-15-9-11-19-16(21-15)20-14-6-4-13(17)5-7-14/h4-7,9,11-12H,8,10H2,1-3H3,(H2,18,19,20,21). The number of nitrogens with one attached hydrogen (secondary N) is 2. The number of halogens is 1. The van der Waals surface area contributed by atoms with Crippen LogP contribution in [0.5, 0.6) is 0 Å². The fraction of sp³-hybridized carbons (Fsp3) is 0.375. The van der Waals surface area contributed by atoms with Gasteiger partial charge in [0.05, 0.1) is 0 Å². The normalized spacial score (nSPS) is 12.2. The number of rotatable bonds is 7. The van der Waals surface area contributed by atoms with E-state index in [1.54, 1.807) is 18.3 Å². The predicted octanol–water partition coefficient (Wildman–Crippen LogP) is 3.11. The summed E-state index contributed by atoms with van der Waals surface area (Å²) in [6.45, 7) is 3.02. The largest absolute Gasteiger partial charge is 0.370 e. The van der Waals surface area contributed by atoms with E-state index >= 15 is 0 Å². The Balaban J connectivity index is 1.91. The lowest BCUT2D eigenvalue weighted by atomic mass is 10.2. The maximum Gasteiger partial charge on any atom is 0.229 e. The molecule has 1 aromatic carbocycles. The van der Waals surface area contributed by atoms with Crippen molar-refractivity contribution in [2.75, 3.05) is 31.3 Å². The van der Waals surface area contributed by atoms with Crippen molar-refractivity contribution in [2.45, 2.75) is 19.4 Å². The molecule has 1 atom stereocenters. The number of hydrogen-bond acceptors (Lipinski definition) is 5. The van der Waals surface area contributed by atoms with Crippen molar-refractivity contribution in [3.05, 3.63) is 42.3 Å². The maximum absolute atomic E-state index is 12.9. The highest BCUT2D eigenvalue weighted by Gasteiger charge is 2.04. The summed E-state index contributed by atoms with van der Waals surface area (Å²) >= 11 is 0. The minimum Gasteiger partial charge on any atom is -0.370 e. The van der Waals surface area contributed by atoms with Crippen LogP contribution in [0.4, 0.5) is 21.8 Å². The lowest BCUT2D eigenvalue weighted by Gasteiger charge is -2.19. The molecule has 0 radical (unpaired) electrons. The minimum absolute atomic E-state index is 0.267. The maximum atomic E-state index is 12.9. The zero-order valence-corrected chi connectivity index (χ0v) is 13.2. The summed E-state index contributed by atoms with van der Waals surface area (Å²) in [5.74, 6) is 0.986. The first kappa shape index (κ1) is 16.2. The van der Waals surface area contributed by atoms with Crippen LogP contribution in [0.1, 0.15) is 13.3 Å². The summed E-state index contributed by atoms with van der Waals surface area (Å²) in [4.78, 5) is 10.7. The van der Waals surface area contributed by atoms with Gasteiger partial charge in [-0.3, -0.25) is 0 Å². The van der Waals surface area contributed by atoms with Crippen molar-refractivity contribution in [3.8, 4) is 0 Å². The molecule has 6 heteroatoms. The molecular weight excluding hydrogens is 281 g/mol. The van der Waals surface area contributed by atoms with E-state index in [4.69, 9.17) is 0 Å². The van der Waals surface area contributed by atoms with Crippen LogP contribution in [0, 0.1) is 5.82 Å². The van der Waals surface area contributed by atoms with E-state index in [0.29, 0.717) is 12.0 Å². The summed E-state index contributed by atoms with van der Waals surface area (Å²) in [6.07, 6.45) is 2.72. The van der Waals surface area contributed by atoms with Crippen molar-refractivity contribution in [3.63, 3.8) is 0 Å². The Morgan fingerprint density at radius 2 is 1.91 bits per heavy atom. The topological polar surface area (TPSA) is 53.1 Å². The van der Waals surface area contributed by atoms with Gasteiger partial charge in [0, 0.05) is 24.5 Å². The number of nitrogens with zero attached hydrogens (tertiary/aromatic N) is 3. The zero-order chi connectivity index (χ0) is 15.9. The van der Waals surface area contributed by atoms with E-state index < -0.39 is 0 Å². The molecule has 0 aliphatic heterocycles. The van der Waals surface area contributed by atoms with Gasteiger partial charge in [0.25, 0.3) is 0 Å². The molecule has 0 saturated heterocycles. The Bertz CT molecular complexity index is 585. The van der Waals surface area contributed by atoms with Crippen molar-refractivity contribution in [2.24, 2.45) is 0 Å². The fourth-order valence-electron chi connectivity index (χ4n) is 1.85. The van der Waals surface area contributed by atoms with Crippen molar-refractivity contribution in [1.82, 2.24) is 14.9 Å². The van der Waals surface area contributed by atoms with Gasteiger partial charge in [0.2, 0.25) is 5.95 Å². The van der Waals surface area contributed by atoms with E-state index in [-0.39, 0.29) is 5.82 Å². The molecule has 22 heavy (non-hydrogen) atoms. The summed E-state index contributed by atoms with van der Waals surface area (Å²) in [5, 5.41) is 6.34. The van der Waals surface area contributed by atoms with Gasteiger partial charge in [0.1, 0.15) is 11.6 Å². The molecule has 0 bridgehead atoms. The van der Waals surface area contributed by atoms with Crippen LogP contribution in [0.3, 0.4) is 0 Å². The van der Waals surface area contributed by atoms with Gasteiger partial charge >= 0.3 is 0 Å². The molecular formula is C16H22FN5. The van der Waals surface area contributed by atoms with Crippen LogP contribution in [0.25, 0.3) is 0 Å². The fourth-order valence-corrected chi connectivity index (χ4v) is 1.85. The van der Waals surface area contributed by atoms with Crippen LogP contribution in [0.2, 0.25) is 0 Å². The molecule has 0 amide bonds. The van der Waals surface area contributed by atoms with E-state index in [1.165, 1.54) is 12.1 Å². The Hall–Kier alpha value is -2.21. The Morgan fingerprint density at radius 3 is 2.59 bits per heavy atom. The quantitative estimate of drug-likeness (QED) is 0.823. The average Bonchev–Trinajstić information content (AvgIpc) is 2.50. The van der Waals surface area contributed by atoms with Gasteiger partial charge in [-0.1, -0.05) is 0 Å². The second-order valence-electron chi connectivity index (χ2n) is 5.43. The van der Waals surface area contributed by atoms with Crippen LogP contribution >= 0.6 is 0 Å². The second kappa shape index (κ2) is 7.70. The summed E-state index contributed by atoms with van der Waals surface area (Å²) < 4.78 is 12.9. The van der Waals surface area contributed by atoms with Gasteiger partial charge in [0.15, 0.2) is 0 Å². The van der Waals surface area contributed by atoms with Crippen molar-refractivity contribution >= 4 is 17.5 Å². The average molecular weight is 303 g/mol. The van der Waals surface area contributed by atoms with Gasteiger partial charge in [-0.15, -0.1) is 0 Å². The smallest absolute Gasteiger partial charge is 0.229 e. The Labute approximate surface area is 130 Å². The second-order valence-corrected chi connectivity index (χ2v) is 5.43. The van der Waals surface area contributed by atoms with E-state index in [9.17, 15) is 4.39 Å². The van der Waals surface area contributed by atoms with Crippen LogP contribution in [-0.2, 0) is 0 Å². The molecule has 118 valence electrons. The number of anilines is 3. The van der Waals surface area contributed by atoms with Gasteiger partial charge < -0.3 is 15.5 Å². The molecule has 0 fully saturated rings. The van der Waals surface area contributed by atoms with E-state index in [0.717, 1.165) is 24.5 Å². The van der Waals surface area contributed by atoms with Crippen molar-refractivity contribution in [1.29, 1.82) is 0 Å². The van der Waals surface area contributed by atoms with Gasteiger partial charge in [-0.2, -0.15) is 4.98 Å². The Kier molecular flexibility index (Phi) is 5.66. The highest BCUT2D eigenvalue weighted by molar-refractivity contribution is 5.54. The summed E-state index contributed by atoms with van der Waals surface area (Å²) in [5.41, 5.74) is 0.750. The predicted molar refractivity (Wildman–Crippen MR) is 88.0 cm³/mol. The molecule has 1 unspecified atom stereocenters. The highest BCUT2D eigenvalue weighted by Crippen LogP contribution is 2.14. The number of hydrogen-bond donors (Lipinski definition) is 2. The molecule has 1 heterocycles. The first-order valence-corrected chi connectivity index (χ1v) is 7.30. The van der Waals surface area contributed by atoms with E-state index in [1.807, 2.05) is 6.07 Å². The lowest BCUT2D eigenvalue weighted by Crippen LogP contribution is -2.26. The SMILES string of the molecule is CC(CCNc1ccnc(Nc2ccc(F)cc2)n1)N(C)C. The third kappa shape index (κ3) is 4.96. The van der Waals surface area contributed by atoms with Gasteiger partial charge in [-0.05, 0) is 57.8 Å². The third-order valence-electron chi connectivity index (χ3n) is 3.51. The number of aromatic nitrogens is 2. The van der Waals surface area contributed by atoms with Crippen molar-refractivity contribution < 1.29 is 4.39 Å². The molecule has 0 aliphatic rings. The molecule has 5 nitrogen and oxygen atoms in total. The third-order valence-corrected chi connectivity index (χ3v) is 3.51. The van der Waals surface area contributed by atoms with Crippen LogP contribution in [0.15, 0.2) is 36.5 Å². The Morgan fingerprint density at radius 1 is 1.18 bits per heavy atom. The summed E-state index contributed by atoms with van der Waals surface area (Å²) in [6, 6.07) is 8.43. The summed E-state index contributed by atoms with van der Waals surface area (Å²) in [7, 11) is 4.14. The zero-order valence-electron chi connectivity index (χ0n) is 13.2. The number of benzene rings is 1. The molecule has 0 saturated carbocycles.